The number of halogens is 1. The number of nitrogens with two attached hydrogens (primary N) is 1. The van der Waals surface area contributed by atoms with Crippen molar-refractivity contribution in [1.82, 2.24) is 15.1 Å². The number of hydrogen-bond donors (Lipinski definition) is 2. The van der Waals surface area contributed by atoms with Gasteiger partial charge < -0.3 is 11.1 Å². The van der Waals surface area contributed by atoms with E-state index in [1.807, 2.05) is 20.0 Å². The lowest BCUT2D eigenvalue weighted by molar-refractivity contribution is -0.126. The molecular formula is C11H21ClN4O. The van der Waals surface area contributed by atoms with Crippen molar-refractivity contribution in [3.05, 3.63) is 18.0 Å². The lowest BCUT2D eigenvalue weighted by Gasteiger charge is -2.22. The molecule has 5 nitrogen and oxygen atoms in total. The average molecular weight is 261 g/mol. The Hall–Kier alpha value is -1.07. The zero-order valence-electron chi connectivity index (χ0n) is 10.6. The monoisotopic (exact) mass is 260 g/mol. The van der Waals surface area contributed by atoms with Crippen molar-refractivity contribution in [3.63, 3.8) is 0 Å². The molecule has 17 heavy (non-hydrogen) atoms. The molecule has 1 rings (SSSR count). The summed E-state index contributed by atoms with van der Waals surface area (Å²) in [5.41, 5.74) is 6.09. The van der Waals surface area contributed by atoms with E-state index in [9.17, 15) is 4.79 Å². The van der Waals surface area contributed by atoms with Crippen LogP contribution in [0.2, 0.25) is 0 Å². The second kappa shape index (κ2) is 6.61. The zero-order chi connectivity index (χ0) is 12.2. The van der Waals surface area contributed by atoms with Gasteiger partial charge in [-0.25, -0.2) is 0 Å². The largest absolute Gasteiger partial charge is 0.349 e. The minimum atomic E-state index is -0.784. The highest BCUT2D eigenvalue weighted by Gasteiger charge is 2.26. The zero-order valence-corrected chi connectivity index (χ0v) is 11.4. The van der Waals surface area contributed by atoms with Crippen molar-refractivity contribution in [2.75, 3.05) is 0 Å². The summed E-state index contributed by atoms with van der Waals surface area (Å²) in [5, 5.41) is 6.85. The Balaban J connectivity index is 0.00000256. The van der Waals surface area contributed by atoms with E-state index in [-0.39, 0.29) is 18.3 Å². The molecule has 1 heterocycles. The first-order valence-corrected chi connectivity index (χ1v) is 5.51. The molecule has 0 saturated heterocycles. The lowest BCUT2D eigenvalue weighted by atomic mass is 9.96. The smallest absolute Gasteiger partial charge is 0.240 e. The van der Waals surface area contributed by atoms with Crippen molar-refractivity contribution in [2.24, 2.45) is 12.8 Å². The summed E-state index contributed by atoms with van der Waals surface area (Å²) in [6, 6.07) is 1.87. The fraction of sp³-hybridized carbons (Fsp3) is 0.636. The number of amides is 1. The summed E-state index contributed by atoms with van der Waals surface area (Å²) in [6.45, 7) is 4.24. The van der Waals surface area contributed by atoms with Crippen LogP contribution in [0.4, 0.5) is 0 Å². The number of carbonyl (C=O) groups is 1. The standard InChI is InChI=1S/C11H20N4O.ClH/c1-4-6-11(2,12)10(16)13-8-9-5-7-14-15(9)3;/h5,7H,4,6,8,12H2,1-3H3,(H,13,16);1H. The summed E-state index contributed by atoms with van der Waals surface area (Å²) in [4.78, 5) is 11.8. The van der Waals surface area contributed by atoms with Crippen molar-refractivity contribution < 1.29 is 4.79 Å². The third-order valence-corrected chi connectivity index (χ3v) is 2.64. The highest BCUT2D eigenvalue weighted by atomic mass is 35.5. The van der Waals surface area contributed by atoms with Gasteiger partial charge in [-0.2, -0.15) is 5.10 Å². The third kappa shape index (κ3) is 4.36. The van der Waals surface area contributed by atoms with Crippen LogP contribution < -0.4 is 11.1 Å². The maximum absolute atomic E-state index is 11.8. The van der Waals surface area contributed by atoms with Gasteiger partial charge in [-0.3, -0.25) is 9.48 Å². The maximum atomic E-state index is 11.8. The predicted octanol–water partition coefficient (Wildman–Crippen LogP) is 0.976. The van der Waals surface area contributed by atoms with Crippen LogP contribution in [0.5, 0.6) is 0 Å². The Labute approximate surface area is 108 Å². The van der Waals surface area contributed by atoms with Crippen LogP contribution in [0.25, 0.3) is 0 Å². The van der Waals surface area contributed by atoms with Crippen LogP contribution in [0.1, 0.15) is 32.4 Å². The first-order chi connectivity index (χ1) is 7.47. The molecule has 0 bridgehead atoms. The van der Waals surface area contributed by atoms with Gasteiger partial charge in [0.1, 0.15) is 0 Å². The topological polar surface area (TPSA) is 72.9 Å². The molecule has 0 saturated carbocycles. The molecule has 0 fully saturated rings. The quantitative estimate of drug-likeness (QED) is 0.829. The van der Waals surface area contributed by atoms with E-state index >= 15 is 0 Å². The number of nitrogens with one attached hydrogen (secondary N) is 1. The van der Waals surface area contributed by atoms with Crippen molar-refractivity contribution >= 4 is 18.3 Å². The number of rotatable bonds is 5. The van der Waals surface area contributed by atoms with E-state index < -0.39 is 5.54 Å². The highest BCUT2D eigenvalue weighted by Crippen LogP contribution is 2.08. The van der Waals surface area contributed by atoms with Gasteiger partial charge in [0.2, 0.25) is 5.91 Å². The van der Waals surface area contributed by atoms with Crippen LogP contribution in [-0.2, 0) is 18.4 Å². The summed E-state index contributed by atoms with van der Waals surface area (Å²) in [7, 11) is 1.84. The van der Waals surface area contributed by atoms with E-state index in [1.165, 1.54) is 0 Å². The molecule has 1 atom stereocenters. The van der Waals surface area contributed by atoms with Gasteiger partial charge in [0, 0.05) is 13.2 Å². The van der Waals surface area contributed by atoms with E-state index in [2.05, 4.69) is 10.4 Å². The molecule has 0 aliphatic carbocycles. The van der Waals surface area contributed by atoms with E-state index in [4.69, 9.17) is 5.73 Å². The third-order valence-electron chi connectivity index (χ3n) is 2.64. The molecule has 1 aromatic heterocycles. The predicted molar refractivity (Wildman–Crippen MR) is 69.8 cm³/mol. The average Bonchev–Trinajstić information content (AvgIpc) is 2.60. The highest BCUT2D eigenvalue weighted by molar-refractivity contribution is 5.85. The van der Waals surface area contributed by atoms with E-state index in [1.54, 1.807) is 17.8 Å². The van der Waals surface area contributed by atoms with Crippen LogP contribution >= 0.6 is 12.4 Å². The molecule has 0 aliphatic heterocycles. The number of hydrogen-bond acceptors (Lipinski definition) is 3. The molecule has 0 radical (unpaired) electrons. The fourth-order valence-corrected chi connectivity index (χ4v) is 1.58. The number of aromatic nitrogens is 2. The summed E-state index contributed by atoms with van der Waals surface area (Å²) >= 11 is 0. The molecule has 0 aliphatic rings. The van der Waals surface area contributed by atoms with Gasteiger partial charge in [-0.05, 0) is 19.4 Å². The van der Waals surface area contributed by atoms with Gasteiger partial charge in [0.25, 0.3) is 0 Å². The molecule has 0 spiro atoms. The summed E-state index contributed by atoms with van der Waals surface area (Å²) < 4.78 is 1.73. The summed E-state index contributed by atoms with van der Waals surface area (Å²) in [6.07, 6.45) is 3.28. The first kappa shape index (κ1) is 15.9. The van der Waals surface area contributed by atoms with Gasteiger partial charge in [-0.15, -0.1) is 12.4 Å². The van der Waals surface area contributed by atoms with Crippen molar-refractivity contribution in [2.45, 2.75) is 38.8 Å². The number of aryl methyl sites for hydroxylation is 1. The SMILES string of the molecule is CCCC(C)(N)C(=O)NCc1ccnn1C.Cl. The van der Waals surface area contributed by atoms with Crippen LogP contribution in [0.3, 0.4) is 0 Å². The van der Waals surface area contributed by atoms with Crippen molar-refractivity contribution in [3.8, 4) is 0 Å². The minimum Gasteiger partial charge on any atom is -0.349 e. The molecule has 1 amide bonds. The van der Waals surface area contributed by atoms with Gasteiger partial charge in [0.05, 0.1) is 17.8 Å². The Bertz CT molecular complexity index is 362. The maximum Gasteiger partial charge on any atom is 0.240 e. The van der Waals surface area contributed by atoms with Gasteiger partial charge in [0.15, 0.2) is 0 Å². The Morgan fingerprint density at radius 1 is 1.65 bits per heavy atom. The first-order valence-electron chi connectivity index (χ1n) is 5.51. The molecule has 1 aromatic rings. The fourth-order valence-electron chi connectivity index (χ4n) is 1.58. The van der Waals surface area contributed by atoms with Gasteiger partial charge in [-0.1, -0.05) is 13.3 Å². The second-order valence-electron chi connectivity index (χ2n) is 4.30. The molecule has 0 aromatic carbocycles. The van der Waals surface area contributed by atoms with Gasteiger partial charge >= 0.3 is 0 Å². The molecule has 98 valence electrons. The molecular weight excluding hydrogens is 240 g/mol. The van der Waals surface area contributed by atoms with Crippen LogP contribution in [-0.4, -0.2) is 21.2 Å². The molecule has 1 unspecified atom stereocenters. The van der Waals surface area contributed by atoms with Crippen LogP contribution in [0.15, 0.2) is 12.3 Å². The van der Waals surface area contributed by atoms with E-state index in [0.717, 1.165) is 12.1 Å². The number of carbonyl (C=O) groups excluding carboxylic acids is 1. The van der Waals surface area contributed by atoms with E-state index in [0.29, 0.717) is 13.0 Å². The molecule has 6 heteroatoms. The Kier molecular flexibility index (Phi) is 6.20. The summed E-state index contributed by atoms with van der Waals surface area (Å²) in [5.74, 6) is -0.115. The molecule has 3 N–H and O–H groups in total. The minimum absolute atomic E-state index is 0. The second-order valence-corrected chi connectivity index (χ2v) is 4.30. The normalized spacial score (nSPS) is 13.6. The number of nitrogens with zero attached hydrogens (tertiary/aromatic N) is 2. The Morgan fingerprint density at radius 3 is 2.76 bits per heavy atom. The Morgan fingerprint density at radius 2 is 2.29 bits per heavy atom. The lowest BCUT2D eigenvalue weighted by Crippen LogP contribution is -2.51. The van der Waals surface area contributed by atoms with Crippen molar-refractivity contribution in [1.29, 1.82) is 0 Å². The van der Waals surface area contributed by atoms with Crippen LogP contribution in [0, 0.1) is 0 Å².